The van der Waals surface area contributed by atoms with E-state index in [9.17, 15) is 9.59 Å². The summed E-state index contributed by atoms with van der Waals surface area (Å²) in [6.07, 6.45) is 4.65. The van der Waals surface area contributed by atoms with Gasteiger partial charge in [0, 0.05) is 31.4 Å². The molecule has 4 rings (SSSR count). The van der Waals surface area contributed by atoms with Crippen molar-refractivity contribution in [3.05, 3.63) is 59.7 Å². The molecule has 1 fully saturated rings. The van der Waals surface area contributed by atoms with Crippen molar-refractivity contribution in [3.63, 3.8) is 0 Å². The minimum Gasteiger partial charge on any atom is -0.378 e. The number of carbonyl (C=O) groups is 2. The number of para-hydroxylation sites is 1. The minimum absolute atomic E-state index is 0.0227. The van der Waals surface area contributed by atoms with Crippen LogP contribution in [0.2, 0.25) is 0 Å². The molecule has 0 spiro atoms. The Morgan fingerprint density at radius 2 is 1.72 bits per heavy atom. The van der Waals surface area contributed by atoms with Crippen molar-refractivity contribution in [2.45, 2.75) is 38.3 Å². The Balaban J connectivity index is 1.64. The van der Waals surface area contributed by atoms with Gasteiger partial charge in [0.25, 0.3) is 5.91 Å². The van der Waals surface area contributed by atoms with Crippen molar-refractivity contribution >= 4 is 23.2 Å². The number of nitrogens with one attached hydrogen (secondary N) is 2. The van der Waals surface area contributed by atoms with Gasteiger partial charge in [-0.15, -0.1) is 0 Å². The van der Waals surface area contributed by atoms with Gasteiger partial charge in [0.1, 0.15) is 6.17 Å². The number of carbonyl (C=O) groups excluding carboxylic acids is 2. The van der Waals surface area contributed by atoms with Crippen molar-refractivity contribution in [1.82, 2.24) is 10.4 Å². The first-order valence-electron chi connectivity index (χ1n) is 10.3. The third-order valence-corrected chi connectivity index (χ3v) is 5.86. The van der Waals surface area contributed by atoms with Gasteiger partial charge in [-0.1, -0.05) is 43.5 Å². The van der Waals surface area contributed by atoms with Crippen LogP contribution in [-0.2, 0) is 4.79 Å². The van der Waals surface area contributed by atoms with E-state index in [0.29, 0.717) is 5.56 Å². The van der Waals surface area contributed by atoms with Crippen molar-refractivity contribution < 1.29 is 9.59 Å². The second-order valence-electron chi connectivity index (χ2n) is 8.06. The minimum atomic E-state index is -0.457. The van der Waals surface area contributed by atoms with Gasteiger partial charge in [0.15, 0.2) is 0 Å². The molecule has 2 amide bonds. The lowest BCUT2D eigenvalue weighted by Gasteiger charge is -2.38. The molecule has 2 aliphatic rings. The van der Waals surface area contributed by atoms with Gasteiger partial charge in [-0.3, -0.25) is 15.0 Å². The van der Waals surface area contributed by atoms with Gasteiger partial charge < -0.3 is 10.2 Å². The van der Waals surface area contributed by atoms with Crippen molar-refractivity contribution in [2.24, 2.45) is 5.92 Å². The summed E-state index contributed by atoms with van der Waals surface area (Å²) >= 11 is 0. The van der Waals surface area contributed by atoms with E-state index in [0.717, 1.165) is 42.6 Å². The molecule has 152 valence electrons. The lowest BCUT2D eigenvalue weighted by molar-refractivity contribution is -0.130. The fourth-order valence-electron chi connectivity index (χ4n) is 4.13. The van der Waals surface area contributed by atoms with E-state index >= 15 is 0 Å². The number of hydrazine groups is 1. The fourth-order valence-corrected chi connectivity index (χ4v) is 4.13. The van der Waals surface area contributed by atoms with E-state index in [2.05, 4.69) is 10.7 Å². The van der Waals surface area contributed by atoms with Crippen molar-refractivity contribution in [1.29, 1.82) is 0 Å². The Bertz CT molecular complexity index is 888. The van der Waals surface area contributed by atoms with E-state index in [1.807, 2.05) is 61.5 Å². The predicted octanol–water partition coefficient (Wildman–Crippen LogP) is 3.93. The molecule has 0 bridgehead atoms. The molecule has 1 saturated carbocycles. The number of benzene rings is 2. The number of fused-ring (bicyclic) bond motifs is 1. The maximum Gasteiger partial charge on any atom is 0.276 e. The van der Waals surface area contributed by atoms with Crippen LogP contribution in [0.1, 0.15) is 54.2 Å². The number of hydrogen-bond donors (Lipinski definition) is 2. The molecule has 0 radical (unpaired) electrons. The first-order valence-corrected chi connectivity index (χ1v) is 10.3. The summed E-state index contributed by atoms with van der Waals surface area (Å²) in [7, 11) is 3.98. The van der Waals surface area contributed by atoms with E-state index in [-0.39, 0.29) is 17.7 Å². The lowest BCUT2D eigenvalue weighted by atomic mass is 9.89. The van der Waals surface area contributed by atoms with Crippen LogP contribution in [0, 0.1) is 5.92 Å². The standard InChI is InChI=1S/C23H28N4O2/c1-26(2)18-14-12-16(13-15-18)21-24-20-11-7-6-10-19(20)23(29)27(21)25-22(28)17-8-4-3-5-9-17/h6-7,10-15,17,21,24H,3-5,8-9H2,1-2H3,(H,25,28). The summed E-state index contributed by atoms with van der Waals surface area (Å²) in [5, 5.41) is 4.89. The van der Waals surface area contributed by atoms with Crippen LogP contribution in [-0.4, -0.2) is 30.9 Å². The Morgan fingerprint density at radius 1 is 1.03 bits per heavy atom. The van der Waals surface area contributed by atoms with E-state index < -0.39 is 6.17 Å². The summed E-state index contributed by atoms with van der Waals surface area (Å²) in [6, 6.07) is 15.5. The average molecular weight is 393 g/mol. The lowest BCUT2D eigenvalue weighted by Crippen LogP contribution is -2.54. The van der Waals surface area contributed by atoms with Crippen LogP contribution < -0.4 is 15.6 Å². The van der Waals surface area contributed by atoms with Crippen LogP contribution in [0.5, 0.6) is 0 Å². The molecule has 6 heteroatoms. The first kappa shape index (κ1) is 19.3. The van der Waals surface area contributed by atoms with Crippen LogP contribution >= 0.6 is 0 Å². The fraction of sp³-hybridized carbons (Fsp3) is 0.391. The van der Waals surface area contributed by atoms with Gasteiger partial charge in [-0.05, 0) is 42.7 Å². The summed E-state index contributed by atoms with van der Waals surface area (Å²) < 4.78 is 0. The molecule has 2 aromatic rings. The summed E-state index contributed by atoms with van der Waals surface area (Å²) in [5.41, 5.74) is 6.28. The number of rotatable bonds is 4. The Morgan fingerprint density at radius 3 is 2.41 bits per heavy atom. The molecule has 1 aliphatic heterocycles. The molecule has 2 aromatic carbocycles. The van der Waals surface area contributed by atoms with E-state index in [1.165, 1.54) is 11.4 Å². The molecular formula is C23H28N4O2. The number of amides is 2. The van der Waals surface area contributed by atoms with E-state index in [4.69, 9.17) is 0 Å². The smallest absolute Gasteiger partial charge is 0.276 e. The predicted molar refractivity (Wildman–Crippen MR) is 114 cm³/mol. The normalized spacial score (nSPS) is 19.3. The van der Waals surface area contributed by atoms with Gasteiger partial charge >= 0.3 is 0 Å². The second-order valence-corrected chi connectivity index (χ2v) is 8.06. The monoisotopic (exact) mass is 392 g/mol. The molecule has 6 nitrogen and oxygen atoms in total. The number of anilines is 2. The summed E-state index contributed by atoms with van der Waals surface area (Å²) in [6.45, 7) is 0. The zero-order chi connectivity index (χ0) is 20.4. The van der Waals surface area contributed by atoms with Crippen LogP contribution in [0.15, 0.2) is 48.5 Å². The molecule has 1 atom stereocenters. The maximum atomic E-state index is 13.3. The highest BCUT2D eigenvalue weighted by Gasteiger charge is 2.35. The molecular weight excluding hydrogens is 364 g/mol. The largest absolute Gasteiger partial charge is 0.378 e. The van der Waals surface area contributed by atoms with Gasteiger partial charge in [0.2, 0.25) is 5.91 Å². The highest BCUT2D eigenvalue weighted by atomic mass is 16.2. The molecule has 1 heterocycles. The molecule has 0 aromatic heterocycles. The molecule has 2 N–H and O–H groups in total. The summed E-state index contributed by atoms with van der Waals surface area (Å²) in [5.74, 6) is -0.273. The number of nitrogens with zero attached hydrogens (tertiary/aromatic N) is 2. The Labute approximate surface area is 171 Å². The maximum absolute atomic E-state index is 13.3. The summed E-state index contributed by atoms with van der Waals surface area (Å²) in [4.78, 5) is 28.2. The SMILES string of the molecule is CN(C)c1ccc(C2Nc3ccccc3C(=O)N2NC(=O)C2CCCCC2)cc1. The average Bonchev–Trinajstić information content (AvgIpc) is 2.76. The highest BCUT2D eigenvalue weighted by Crippen LogP contribution is 2.33. The van der Waals surface area contributed by atoms with Crippen molar-refractivity contribution in [2.75, 3.05) is 24.3 Å². The molecule has 1 aliphatic carbocycles. The quantitative estimate of drug-likeness (QED) is 0.827. The highest BCUT2D eigenvalue weighted by molar-refractivity contribution is 6.02. The number of hydrogen-bond acceptors (Lipinski definition) is 4. The van der Waals surface area contributed by atoms with Gasteiger partial charge in [-0.2, -0.15) is 0 Å². The van der Waals surface area contributed by atoms with Crippen LogP contribution in [0.4, 0.5) is 11.4 Å². The zero-order valence-corrected chi connectivity index (χ0v) is 17.0. The molecule has 29 heavy (non-hydrogen) atoms. The molecule has 0 saturated heterocycles. The van der Waals surface area contributed by atoms with Crippen molar-refractivity contribution in [3.8, 4) is 0 Å². The van der Waals surface area contributed by atoms with E-state index in [1.54, 1.807) is 6.07 Å². The second kappa shape index (κ2) is 8.15. The third-order valence-electron chi connectivity index (χ3n) is 5.86. The van der Waals surface area contributed by atoms with Gasteiger partial charge in [0.05, 0.1) is 5.56 Å². The Hall–Kier alpha value is -3.02. The topological polar surface area (TPSA) is 64.7 Å². The third kappa shape index (κ3) is 3.92. The zero-order valence-electron chi connectivity index (χ0n) is 17.0. The first-order chi connectivity index (χ1) is 14.0. The Kier molecular flexibility index (Phi) is 5.43. The van der Waals surface area contributed by atoms with Crippen LogP contribution in [0.25, 0.3) is 0 Å². The van der Waals surface area contributed by atoms with Gasteiger partial charge in [-0.25, -0.2) is 5.01 Å². The molecule has 1 unspecified atom stereocenters. The van der Waals surface area contributed by atoms with Crippen LogP contribution in [0.3, 0.4) is 0 Å².